The molecule has 0 aliphatic rings. The van der Waals surface area contributed by atoms with Gasteiger partial charge < -0.3 is 9.73 Å². The number of aromatic nitrogens is 1. The minimum atomic E-state index is -0.436. The Bertz CT molecular complexity index is 937. The summed E-state index contributed by atoms with van der Waals surface area (Å²) < 4.78 is 6.67. The lowest BCUT2D eigenvalue weighted by Gasteiger charge is -2.13. The maximum Gasteiger partial charge on any atom is 0.419 e. The number of carbonyl (C=O) groups excluding carboxylic acids is 1. The van der Waals surface area contributed by atoms with Crippen molar-refractivity contribution in [1.82, 2.24) is 4.57 Å². The SMILES string of the molecule is CCc1cccc(C)c1NC(=O)CCn1c(=O)oc2ccccc21. The van der Waals surface area contributed by atoms with E-state index in [1.165, 1.54) is 4.57 Å². The van der Waals surface area contributed by atoms with E-state index in [9.17, 15) is 9.59 Å². The highest BCUT2D eigenvalue weighted by Crippen LogP contribution is 2.21. The van der Waals surface area contributed by atoms with Gasteiger partial charge in [0, 0.05) is 18.7 Å². The fraction of sp³-hybridized carbons (Fsp3) is 0.263. The molecule has 124 valence electrons. The first kappa shape index (κ1) is 16.1. The van der Waals surface area contributed by atoms with E-state index in [2.05, 4.69) is 12.2 Å². The van der Waals surface area contributed by atoms with E-state index in [1.807, 2.05) is 43.3 Å². The third-order valence-corrected chi connectivity index (χ3v) is 4.14. The molecule has 3 aromatic rings. The molecule has 3 rings (SSSR count). The van der Waals surface area contributed by atoms with Crippen molar-refractivity contribution in [3.63, 3.8) is 0 Å². The van der Waals surface area contributed by atoms with Crippen LogP contribution in [0.1, 0.15) is 24.5 Å². The number of nitrogens with one attached hydrogen (secondary N) is 1. The zero-order chi connectivity index (χ0) is 17.1. The maximum absolute atomic E-state index is 12.3. The molecule has 0 atom stereocenters. The van der Waals surface area contributed by atoms with Crippen molar-refractivity contribution in [2.45, 2.75) is 33.2 Å². The zero-order valence-electron chi connectivity index (χ0n) is 13.8. The highest BCUT2D eigenvalue weighted by Gasteiger charge is 2.12. The van der Waals surface area contributed by atoms with Crippen molar-refractivity contribution in [1.29, 1.82) is 0 Å². The quantitative estimate of drug-likeness (QED) is 0.781. The van der Waals surface area contributed by atoms with Crippen LogP contribution in [0.4, 0.5) is 5.69 Å². The first-order chi connectivity index (χ1) is 11.6. The first-order valence-electron chi connectivity index (χ1n) is 8.07. The van der Waals surface area contributed by atoms with Crippen LogP contribution in [0, 0.1) is 6.92 Å². The van der Waals surface area contributed by atoms with Gasteiger partial charge in [0.05, 0.1) is 5.52 Å². The zero-order valence-corrected chi connectivity index (χ0v) is 13.8. The van der Waals surface area contributed by atoms with Gasteiger partial charge in [-0.05, 0) is 36.6 Å². The predicted molar refractivity (Wildman–Crippen MR) is 94.3 cm³/mol. The average Bonchev–Trinajstić information content (AvgIpc) is 2.90. The number of para-hydroxylation sites is 3. The van der Waals surface area contributed by atoms with E-state index >= 15 is 0 Å². The number of fused-ring (bicyclic) bond motifs is 1. The summed E-state index contributed by atoms with van der Waals surface area (Å²) >= 11 is 0. The predicted octanol–water partition coefficient (Wildman–Crippen LogP) is 3.49. The number of carbonyl (C=O) groups is 1. The lowest BCUT2D eigenvalue weighted by Crippen LogP contribution is -2.20. The standard InChI is InChI=1S/C19H20N2O3/c1-3-14-8-6-7-13(2)18(14)20-17(22)11-12-21-15-9-4-5-10-16(15)24-19(21)23/h4-10H,3,11-12H2,1-2H3,(H,20,22). The molecule has 0 aliphatic heterocycles. The summed E-state index contributed by atoms with van der Waals surface area (Å²) in [5.74, 6) is -0.551. The minimum Gasteiger partial charge on any atom is -0.408 e. The minimum absolute atomic E-state index is 0.115. The van der Waals surface area contributed by atoms with Crippen LogP contribution < -0.4 is 11.1 Å². The van der Waals surface area contributed by atoms with Crippen molar-refractivity contribution in [2.75, 3.05) is 5.32 Å². The summed E-state index contributed by atoms with van der Waals surface area (Å²) in [6, 6.07) is 13.2. The van der Waals surface area contributed by atoms with Gasteiger partial charge in [0.15, 0.2) is 5.58 Å². The van der Waals surface area contributed by atoms with Crippen LogP contribution in [0.25, 0.3) is 11.1 Å². The molecule has 0 radical (unpaired) electrons. The Morgan fingerprint density at radius 2 is 1.96 bits per heavy atom. The summed E-state index contributed by atoms with van der Waals surface area (Å²) in [6.45, 7) is 4.32. The summed E-state index contributed by atoms with van der Waals surface area (Å²) in [4.78, 5) is 24.2. The lowest BCUT2D eigenvalue weighted by atomic mass is 10.1. The number of amides is 1. The molecule has 24 heavy (non-hydrogen) atoms. The maximum atomic E-state index is 12.3. The molecule has 1 N–H and O–H groups in total. The third kappa shape index (κ3) is 3.11. The molecule has 0 saturated heterocycles. The van der Waals surface area contributed by atoms with Gasteiger partial charge in [-0.2, -0.15) is 0 Å². The van der Waals surface area contributed by atoms with Crippen LogP contribution in [0.15, 0.2) is 51.7 Å². The van der Waals surface area contributed by atoms with Gasteiger partial charge in [0.2, 0.25) is 5.91 Å². The largest absolute Gasteiger partial charge is 0.419 e. The summed E-state index contributed by atoms with van der Waals surface area (Å²) in [5, 5.41) is 2.97. The van der Waals surface area contributed by atoms with Crippen LogP contribution >= 0.6 is 0 Å². The van der Waals surface area contributed by atoms with Gasteiger partial charge in [0.25, 0.3) is 0 Å². The van der Waals surface area contributed by atoms with E-state index in [0.717, 1.165) is 23.2 Å². The summed E-state index contributed by atoms with van der Waals surface area (Å²) in [5.41, 5.74) is 4.26. The van der Waals surface area contributed by atoms with E-state index in [-0.39, 0.29) is 18.9 Å². The van der Waals surface area contributed by atoms with Crippen molar-refractivity contribution in [3.8, 4) is 0 Å². The topological polar surface area (TPSA) is 64.2 Å². The fourth-order valence-corrected chi connectivity index (χ4v) is 2.84. The third-order valence-electron chi connectivity index (χ3n) is 4.14. The van der Waals surface area contributed by atoms with Crippen molar-refractivity contribution in [2.24, 2.45) is 0 Å². The molecular weight excluding hydrogens is 304 g/mol. The molecule has 5 heteroatoms. The second-order valence-electron chi connectivity index (χ2n) is 5.75. The number of anilines is 1. The van der Waals surface area contributed by atoms with E-state index in [0.29, 0.717) is 11.1 Å². The average molecular weight is 324 g/mol. The molecular formula is C19H20N2O3. The Morgan fingerprint density at radius 3 is 2.75 bits per heavy atom. The molecule has 1 aromatic heterocycles. The number of hydrogen-bond donors (Lipinski definition) is 1. The van der Waals surface area contributed by atoms with Crippen molar-refractivity contribution < 1.29 is 9.21 Å². The smallest absolute Gasteiger partial charge is 0.408 e. The summed E-state index contributed by atoms with van der Waals surface area (Å²) in [7, 11) is 0. The van der Waals surface area contributed by atoms with Gasteiger partial charge >= 0.3 is 5.76 Å². The Labute approximate surface area is 139 Å². The highest BCUT2D eigenvalue weighted by atomic mass is 16.4. The van der Waals surface area contributed by atoms with Gasteiger partial charge in [-0.15, -0.1) is 0 Å². The number of aryl methyl sites for hydroxylation is 3. The first-order valence-corrected chi connectivity index (χ1v) is 8.07. The van der Waals surface area contributed by atoms with E-state index < -0.39 is 5.76 Å². The fourth-order valence-electron chi connectivity index (χ4n) is 2.84. The Hall–Kier alpha value is -2.82. The number of benzene rings is 2. The van der Waals surface area contributed by atoms with Crippen LogP contribution in [0.5, 0.6) is 0 Å². The molecule has 0 spiro atoms. The molecule has 0 unspecified atom stereocenters. The molecule has 0 bridgehead atoms. The Morgan fingerprint density at radius 1 is 1.17 bits per heavy atom. The number of oxazole rings is 1. The number of hydrogen-bond acceptors (Lipinski definition) is 3. The molecule has 0 saturated carbocycles. The lowest BCUT2D eigenvalue weighted by molar-refractivity contribution is -0.116. The molecule has 2 aromatic carbocycles. The molecule has 1 amide bonds. The van der Waals surface area contributed by atoms with E-state index in [1.54, 1.807) is 6.07 Å². The van der Waals surface area contributed by atoms with Crippen LogP contribution in [0.3, 0.4) is 0 Å². The molecule has 0 fully saturated rings. The van der Waals surface area contributed by atoms with E-state index in [4.69, 9.17) is 4.42 Å². The highest BCUT2D eigenvalue weighted by molar-refractivity contribution is 5.92. The number of rotatable bonds is 5. The number of nitrogens with zero attached hydrogens (tertiary/aromatic N) is 1. The monoisotopic (exact) mass is 324 g/mol. The van der Waals surface area contributed by atoms with Crippen LogP contribution in [-0.4, -0.2) is 10.5 Å². The van der Waals surface area contributed by atoms with Gasteiger partial charge in [-0.1, -0.05) is 37.3 Å². The summed E-state index contributed by atoms with van der Waals surface area (Å²) in [6.07, 6.45) is 1.06. The Balaban J connectivity index is 1.74. The van der Waals surface area contributed by atoms with Crippen LogP contribution in [-0.2, 0) is 17.8 Å². The Kier molecular flexibility index (Phi) is 4.51. The second-order valence-corrected chi connectivity index (χ2v) is 5.75. The van der Waals surface area contributed by atoms with Gasteiger partial charge in [-0.3, -0.25) is 9.36 Å². The van der Waals surface area contributed by atoms with Crippen molar-refractivity contribution >= 4 is 22.7 Å². The van der Waals surface area contributed by atoms with Gasteiger partial charge in [-0.25, -0.2) is 4.79 Å². The van der Waals surface area contributed by atoms with Crippen LogP contribution in [0.2, 0.25) is 0 Å². The molecule has 0 aliphatic carbocycles. The van der Waals surface area contributed by atoms with Gasteiger partial charge in [0.1, 0.15) is 0 Å². The molecule has 1 heterocycles. The normalized spacial score (nSPS) is 10.9. The van der Waals surface area contributed by atoms with Crippen molar-refractivity contribution in [3.05, 3.63) is 64.1 Å². The molecule has 5 nitrogen and oxygen atoms in total. The second kappa shape index (κ2) is 6.74.